The van der Waals surface area contributed by atoms with Gasteiger partial charge in [0, 0.05) is 36.4 Å². The molecule has 122 valence electrons. The van der Waals surface area contributed by atoms with Crippen molar-refractivity contribution in [2.75, 3.05) is 19.0 Å². The molecule has 0 aromatic heterocycles. The van der Waals surface area contributed by atoms with E-state index in [1.165, 1.54) is 5.56 Å². The molecule has 1 atom stereocenters. The zero-order chi connectivity index (χ0) is 16.2. The lowest BCUT2D eigenvalue weighted by Gasteiger charge is -2.13. The van der Waals surface area contributed by atoms with E-state index in [0.29, 0.717) is 13.0 Å². The van der Waals surface area contributed by atoms with Crippen molar-refractivity contribution in [3.05, 3.63) is 53.1 Å². The van der Waals surface area contributed by atoms with Crippen LogP contribution in [0.25, 0.3) is 0 Å². The normalized spacial score (nSPS) is 15.9. The maximum atomic E-state index is 8.96. The number of rotatable bonds is 6. The van der Waals surface area contributed by atoms with Crippen LogP contribution in [0.15, 0.2) is 36.4 Å². The van der Waals surface area contributed by atoms with E-state index in [9.17, 15) is 0 Å². The van der Waals surface area contributed by atoms with Gasteiger partial charge in [-0.3, -0.25) is 0 Å². The minimum Gasteiger partial charge on any atom is -0.497 e. The molecule has 1 aliphatic heterocycles. The molecule has 0 aliphatic carbocycles. The van der Waals surface area contributed by atoms with Crippen molar-refractivity contribution in [1.82, 2.24) is 0 Å². The fourth-order valence-corrected chi connectivity index (χ4v) is 2.94. The van der Waals surface area contributed by atoms with E-state index >= 15 is 0 Å². The van der Waals surface area contributed by atoms with Gasteiger partial charge in [0.05, 0.1) is 7.11 Å². The standard InChI is InChI=1S/C19H23NO3/c1-13-9-15-10-18(22-2)11-16(19(15)23-13)12-20-17-5-3-14(4-6-17)7-8-21/h3-6,10-11,13,20-21H,7-9,12H2,1-2H3. The topological polar surface area (TPSA) is 50.7 Å². The number of methoxy groups -OCH3 is 1. The molecule has 1 aliphatic rings. The summed E-state index contributed by atoms with van der Waals surface area (Å²) in [6, 6.07) is 12.2. The van der Waals surface area contributed by atoms with Gasteiger partial charge in [-0.25, -0.2) is 0 Å². The summed E-state index contributed by atoms with van der Waals surface area (Å²) in [4.78, 5) is 0. The van der Waals surface area contributed by atoms with E-state index < -0.39 is 0 Å². The minimum atomic E-state index is 0.179. The van der Waals surface area contributed by atoms with Crippen LogP contribution in [-0.4, -0.2) is 24.9 Å². The lowest BCUT2D eigenvalue weighted by atomic mass is 10.1. The molecule has 0 fully saturated rings. The Morgan fingerprint density at radius 3 is 2.74 bits per heavy atom. The Morgan fingerprint density at radius 2 is 2.04 bits per heavy atom. The first-order valence-electron chi connectivity index (χ1n) is 7.99. The van der Waals surface area contributed by atoms with Gasteiger partial charge in [0.1, 0.15) is 17.6 Å². The average molecular weight is 313 g/mol. The van der Waals surface area contributed by atoms with Crippen LogP contribution in [-0.2, 0) is 19.4 Å². The smallest absolute Gasteiger partial charge is 0.128 e. The summed E-state index contributed by atoms with van der Waals surface area (Å²) in [6.07, 6.45) is 1.83. The molecule has 0 bridgehead atoms. The van der Waals surface area contributed by atoms with Crippen molar-refractivity contribution in [3.63, 3.8) is 0 Å². The van der Waals surface area contributed by atoms with Crippen molar-refractivity contribution < 1.29 is 14.6 Å². The van der Waals surface area contributed by atoms with Crippen LogP contribution in [0.4, 0.5) is 5.69 Å². The summed E-state index contributed by atoms with van der Waals surface area (Å²) in [5.74, 6) is 1.86. The lowest BCUT2D eigenvalue weighted by Crippen LogP contribution is -2.07. The highest BCUT2D eigenvalue weighted by molar-refractivity contribution is 5.52. The molecule has 0 radical (unpaired) electrons. The average Bonchev–Trinajstić information content (AvgIpc) is 2.94. The third-order valence-electron chi connectivity index (χ3n) is 4.12. The Balaban J connectivity index is 1.74. The number of hydrogen-bond donors (Lipinski definition) is 2. The minimum absolute atomic E-state index is 0.179. The summed E-state index contributed by atoms with van der Waals surface area (Å²) in [5.41, 5.74) is 4.52. The number of anilines is 1. The first-order valence-corrected chi connectivity index (χ1v) is 7.99. The van der Waals surface area contributed by atoms with Gasteiger partial charge in [-0.2, -0.15) is 0 Å². The van der Waals surface area contributed by atoms with Crippen LogP contribution in [0, 0.1) is 0 Å². The van der Waals surface area contributed by atoms with Crippen LogP contribution >= 0.6 is 0 Å². The maximum absolute atomic E-state index is 8.96. The van der Waals surface area contributed by atoms with E-state index in [4.69, 9.17) is 14.6 Å². The second-order valence-electron chi connectivity index (χ2n) is 5.93. The zero-order valence-electron chi connectivity index (χ0n) is 13.6. The quantitative estimate of drug-likeness (QED) is 0.860. The number of benzene rings is 2. The van der Waals surface area contributed by atoms with Gasteiger partial charge in [0.25, 0.3) is 0 Å². The molecular formula is C19H23NO3. The Morgan fingerprint density at radius 1 is 1.26 bits per heavy atom. The van der Waals surface area contributed by atoms with Gasteiger partial charge in [0.15, 0.2) is 0 Å². The zero-order valence-corrected chi connectivity index (χ0v) is 13.6. The first-order chi connectivity index (χ1) is 11.2. The summed E-state index contributed by atoms with van der Waals surface area (Å²) >= 11 is 0. The highest BCUT2D eigenvalue weighted by Crippen LogP contribution is 2.36. The number of hydrogen-bond acceptors (Lipinski definition) is 4. The lowest BCUT2D eigenvalue weighted by molar-refractivity contribution is 0.252. The largest absolute Gasteiger partial charge is 0.497 e. The predicted octanol–water partition coefficient (Wildman–Crippen LogP) is 3.17. The van der Waals surface area contributed by atoms with Crippen molar-refractivity contribution in [2.45, 2.75) is 32.4 Å². The van der Waals surface area contributed by atoms with Gasteiger partial charge in [-0.05, 0) is 43.2 Å². The monoisotopic (exact) mass is 313 g/mol. The predicted molar refractivity (Wildman–Crippen MR) is 91.3 cm³/mol. The molecule has 2 N–H and O–H groups in total. The van der Waals surface area contributed by atoms with Crippen molar-refractivity contribution >= 4 is 5.69 Å². The van der Waals surface area contributed by atoms with Crippen molar-refractivity contribution in [2.24, 2.45) is 0 Å². The molecule has 23 heavy (non-hydrogen) atoms. The molecule has 0 saturated heterocycles. The summed E-state index contributed by atoms with van der Waals surface area (Å²) in [5, 5.41) is 12.4. The Labute approximate surface area is 137 Å². The van der Waals surface area contributed by atoms with Gasteiger partial charge >= 0.3 is 0 Å². The van der Waals surface area contributed by atoms with Crippen LogP contribution in [0.5, 0.6) is 11.5 Å². The molecule has 4 heteroatoms. The molecule has 1 heterocycles. The molecule has 0 amide bonds. The molecule has 2 aromatic rings. The highest BCUT2D eigenvalue weighted by atomic mass is 16.5. The van der Waals surface area contributed by atoms with E-state index in [2.05, 4.69) is 18.3 Å². The Kier molecular flexibility index (Phi) is 4.72. The third-order valence-corrected chi connectivity index (χ3v) is 4.12. The van der Waals surface area contributed by atoms with Crippen LogP contribution in [0.3, 0.4) is 0 Å². The molecule has 0 saturated carbocycles. The highest BCUT2D eigenvalue weighted by Gasteiger charge is 2.23. The molecule has 2 aromatic carbocycles. The molecule has 3 rings (SSSR count). The fourth-order valence-electron chi connectivity index (χ4n) is 2.94. The van der Waals surface area contributed by atoms with E-state index in [1.54, 1.807) is 7.11 Å². The summed E-state index contributed by atoms with van der Waals surface area (Å²) < 4.78 is 11.4. The second-order valence-corrected chi connectivity index (χ2v) is 5.93. The molecule has 1 unspecified atom stereocenters. The van der Waals surface area contributed by atoms with E-state index in [0.717, 1.165) is 34.7 Å². The molecule has 0 spiro atoms. The number of nitrogens with one attached hydrogen (secondary N) is 1. The second kappa shape index (κ2) is 6.92. The van der Waals surface area contributed by atoms with Gasteiger partial charge in [-0.15, -0.1) is 0 Å². The molecular weight excluding hydrogens is 290 g/mol. The third kappa shape index (κ3) is 3.59. The van der Waals surface area contributed by atoms with E-state index in [-0.39, 0.29) is 12.7 Å². The SMILES string of the molecule is COc1cc(CNc2ccc(CCO)cc2)c2c(c1)CC(C)O2. The first kappa shape index (κ1) is 15.7. The number of ether oxygens (including phenoxy) is 2. The van der Waals surface area contributed by atoms with Crippen LogP contribution in [0.1, 0.15) is 23.6 Å². The maximum Gasteiger partial charge on any atom is 0.128 e. The Hall–Kier alpha value is -2.20. The van der Waals surface area contributed by atoms with Crippen LogP contribution < -0.4 is 14.8 Å². The number of aliphatic hydroxyl groups excluding tert-OH is 1. The van der Waals surface area contributed by atoms with Crippen molar-refractivity contribution in [3.8, 4) is 11.5 Å². The van der Waals surface area contributed by atoms with Crippen LogP contribution in [0.2, 0.25) is 0 Å². The summed E-state index contributed by atoms with van der Waals surface area (Å²) in [7, 11) is 1.69. The van der Waals surface area contributed by atoms with E-state index in [1.807, 2.05) is 30.3 Å². The summed E-state index contributed by atoms with van der Waals surface area (Å²) in [6.45, 7) is 2.95. The number of fused-ring (bicyclic) bond motifs is 1. The van der Waals surface area contributed by atoms with Crippen molar-refractivity contribution in [1.29, 1.82) is 0 Å². The van der Waals surface area contributed by atoms with Gasteiger partial charge < -0.3 is 19.9 Å². The molecule has 4 nitrogen and oxygen atoms in total. The van der Waals surface area contributed by atoms with Gasteiger partial charge in [-0.1, -0.05) is 12.1 Å². The van der Waals surface area contributed by atoms with Gasteiger partial charge in [0.2, 0.25) is 0 Å². The fraction of sp³-hybridized carbons (Fsp3) is 0.368. The number of aliphatic hydroxyl groups is 1. The Bertz CT molecular complexity index is 667.